The number of carbonyl (C=O) groups excluding carboxylic acids is 1. The first-order valence-corrected chi connectivity index (χ1v) is 17.2. The third-order valence-electron chi connectivity index (χ3n) is 8.06. The van der Waals surface area contributed by atoms with Gasteiger partial charge in [0.25, 0.3) is 5.69 Å². The Hall–Kier alpha value is -4.16. The summed E-state index contributed by atoms with van der Waals surface area (Å²) < 4.78 is 26.6. The lowest BCUT2D eigenvalue weighted by molar-refractivity contribution is -0.384. The normalized spacial score (nSPS) is 13.2. The van der Waals surface area contributed by atoms with Crippen molar-refractivity contribution >= 4 is 25.9 Å². The van der Waals surface area contributed by atoms with Crippen molar-refractivity contribution in [1.82, 2.24) is 9.88 Å². The van der Waals surface area contributed by atoms with Gasteiger partial charge in [0.15, 0.2) is 8.32 Å². The molecule has 3 rings (SSSR count). The number of non-ortho nitro benzene ring substituents is 1. The van der Waals surface area contributed by atoms with Crippen LogP contribution in [0, 0.1) is 15.9 Å². The molecule has 0 spiro atoms. The van der Waals surface area contributed by atoms with E-state index in [9.17, 15) is 29.2 Å². The summed E-state index contributed by atoms with van der Waals surface area (Å²) in [4.78, 5) is 41.8. The molecule has 0 saturated heterocycles. The molecule has 44 heavy (non-hydrogen) atoms. The van der Waals surface area contributed by atoms with Crippen molar-refractivity contribution in [3.8, 4) is 5.75 Å². The number of halogens is 1. The molecule has 0 radical (unpaired) electrons. The van der Waals surface area contributed by atoms with Gasteiger partial charge in [-0.25, -0.2) is 9.18 Å². The van der Waals surface area contributed by atoms with Gasteiger partial charge in [-0.3, -0.25) is 24.8 Å². The van der Waals surface area contributed by atoms with Gasteiger partial charge in [0, 0.05) is 43.3 Å². The molecular formula is C32H40FN3O7Si. The molecule has 0 saturated carbocycles. The summed E-state index contributed by atoms with van der Waals surface area (Å²) in [5.41, 5.74) is 1.60. The van der Waals surface area contributed by atoms with Gasteiger partial charge in [-0.2, -0.15) is 0 Å². The van der Waals surface area contributed by atoms with Crippen molar-refractivity contribution in [2.24, 2.45) is 0 Å². The van der Waals surface area contributed by atoms with Crippen molar-refractivity contribution in [1.29, 1.82) is 0 Å². The zero-order valence-electron chi connectivity index (χ0n) is 26.0. The maximum atomic E-state index is 14.5. The summed E-state index contributed by atoms with van der Waals surface area (Å²) in [5, 5.41) is 21.3. The minimum Gasteiger partial charge on any atom is -0.497 e. The second-order valence-corrected chi connectivity index (χ2v) is 17.0. The first kappa shape index (κ1) is 34.3. The Bertz CT molecular complexity index is 1440. The van der Waals surface area contributed by atoms with Gasteiger partial charge in [-0.15, -0.1) is 0 Å². The summed E-state index contributed by atoms with van der Waals surface area (Å²) in [5.74, 6) is -0.146. The van der Waals surface area contributed by atoms with E-state index in [0.717, 1.165) is 6.20 Å². The maximum absolute atomic E-state index is 14.5. The predicted octanol–water partition coefficient (Wildman–Crippen LogP) is 7.34. The molecular weight excluding hydrogens is 585 g/mol. The Labute approximate surface area is 258 Å². The molecule has 0 unspecified atom stereocenters. The second kappa shape index (κ2) is 14.5. The molecule has 236 valence electrons. The van der Waals surface area contributed by atoms with E-state index in [-0.39, 0.29) is 42.3 Å². The molecule has 0 aliphatic heterocycles. The Balaban J connectivity index is 2.02. The summed E-state index contributed by atoms with van der Waals surface area (Å²) in [6.45, 7) is 10.2. The Morgan fingerprint density at radius 2 is 1.68 bits per heavy atom. The highest BCUT2D eigenvalue weighted by Gasteiger charge is 2.43. The number of methoxy groups -OCH3 is 1. The molecule has 3 aromatic rings. The Morgan fingerprint density at radius 1 is 1.07 bits per heavy atom. The van der Waals surface area contributed by atoms with Crippen molar-refractivity contribution in [2.75, 3.05) is 7.11 Å². The zero-order valence-corrected chi connectivity index (χ0v) is 27.0. The first-order chi connectivity index (χ1) is 20.6. The van der Waals surface area contributed by atoms with Crippen LogP contribution >= 0.6 is 0 Å². The van der Waals surface area contributed by atoms with E-state index >= 15 is 0 Å². The van der Waals surface area contributed by atoms with Crippen LogP contribution in [0.3, 0.4) is 0 Å². The number of carbonyl (C=O) groups is 2. The number of rotatable bonds is 14. The van der Waals surface area contributed by atoms with Crippen LogP contribution in [0.1, 0.15) is 56.4 Å². The Kier molecular flexibility index (Phi) is 11.3. The number of hydrogen-bond acceptors (Lipinski definition) is 7. The van der Waals surface area contributed by atoms with E-state index in [4.69, 9.17) is 9.16 Å². The molecule has 12 heteroatoms. The molecule has 2 aromatic carbocycles. The maximum Gasteiger partial charge on any atom is 0.407 e. The van der Waals surface area contributed by atoms with Crippen LogP contribution in [0.5, 0.6) is 5.75 Å². The van der Waals surface area contributed by atoms with Gasteiger partial charge >= 0.3 is 6.09 Å². The van der Waals surface area contributed by atoms with E-state index in [0.29, 0.717) is 22.4 Å². The number of nitrogens with zero attached hydrogens (tertiary/aromatic N) is 3. The quantitative estimate of drug-likeness (QED) is 0.112. The average molecular weight is 626 g/mol. The first-order valence-electron chi connectivity index (χ1n) is 14.3. The van der Waals surface area contributed by atoms with E-state index in [1.807, 2.05) is 13.1 Å². The van der Waals surface area contributed by atoms with Gasteiger partial charge in [0.2, 0.25) is 0 Å². The molecule has 0 bridgehead atoms. The molecule has 2 atom stereocenters. The molecule has 1 aromatic heterocycles. The molecule has 0 fully saturated rings. The fourth-order valence-corrected chi connectivity index (χ4v) is 5.81. The van der Waals surface area contributed by atoms with Gasteiger partial charge in [-0.1, -0.05) is 45.0 Å². The standard InChI is InChI=1S/C32H40FN3O7Si/c1-32(2,3)44(5,6)43-30(24-18-25(33)20-34-19-24)29(35(31(38)39)21-23-9-14-28(42-4)15-10-23)16-13-27(37)17-22-7-11-26(12-8-22)36(40)41/h7-12,14-15,18-20,29-30H,13,16-17,21H2,1-6H3,(H,38,39)/t29-,30-/m1/s1. The van der Waals surface area contributed by atoms with Crippen LogP contribution < -0.4 is 4.74 Å². The van der Waals surface area contributed by atoms with E-state index in [1.165, 1.54) is 48.5 Å². The highest BCUT2D eigenvalue weighted by molar-refractivity contribution is 6.74. The fraction of sp³-hybridized carbons (Fsp3) is 0.406. The minimum atomic E-state index is -2.57. The monoisotopic (exact) mass is 625 g/mol. The fourth-order valence-electron chi connectivity index (χ4n) is 4.53. The highest BCUT2D eigenvalue weighted by atomic mass is 28.4. The van der Waals surface area contributed by atoms with Crippen LogP contribution in [-0.2, 0) is 22.2 Å². The van der Waals surface area contributed by atoms with Crippen LogP contribution in [0.4, 0.5) is 14.9 Å². The summed E-state index contributed by atoms with van der Waals surface area (Å²) >= 11 is 0. The number of Topliss-reactive ketones (excluding diaryl/α,β-unsaturated/α-hetero) is 1. The molecule has 1 amide bonds. The van der Waals surface area contributed by atoms with Crippen LogP contribution in [-0.4, -0.2) is 53.3 Å². The number of hydrogen-bond donors (Lipinski definition) is 1. The third kappa shape index (κ3) is 9.17. The number of pyridine rings is 1. The topological polar surface area (TPSA) is 132 Å². The summed E-state index contributed by atoms with van der Waals surface area (Å²) in [7, 11) is -1.03. The number of amides is 1. The zero-order chi connectivity index (χ0) is 32.7. The summed E-state index contributed by atoms with van der Waals surface area (Å²) in [6, 6.07) is 13.1. The lowest BCUT2D eigenvalue weighted by atomic mass is 9.95. The summed E-state index contributed by atoms with van der Waals surface area (Å²) in [6.07, 6.45) is 0.508. The van der Waals surface area contributed by atoms with Gasteiger partial charge in [0.1, 0.15) is 17.3 Å². The van der Waals surface area contributed by atoms with Crippen molar-refractivity contribution in [3.63, 3.8) is 0 Å². The molecule has 10 nitrogen and oxygen atoms in total. The minimum absolute atomic E-state index is 0.00580. The third-order valence-corrected chi connectivity index (χ3v) is 12.5. The SMILES string of the molecule is COc1ccc(CN(C(=O)O)[C@H](CCC(=O)Cc2ccc([N+](=O)[O-])cc2)[C@H](O[Si](C)(C)C(C)(C)C)c2cncc(F)c2)cc1. The number of aromatic nitrogens is 1. The molecule has 1 N–H and O–H groups in total. The van der Waals surface area contributed by atoms with Crippen LogP contribution in [0.25, 0.3) is 0 Å². The molecule has 1 heterocycles. The number of carboxylic acid groups (broad SMARTS) is 1. The van der Waals surface area contributed by atoms with Crippen molar-refractivity contribution in [2.45, 2.75) is 76.9 Å². The van der Waals surface area contributed by atoms with E-state index in [2.05, 4.69) is 25.8 Å². The average Bonchev–Trinajstić information content (AvgIpc) is 2.95. The highest BCUT2D eigenvalue weighted by Crippen LogP contribution is 2.42. The largest absolute Gasteiger partial charge is 0.497 e. The number of ketones is 1. The molecule has 0 aliphatic rings. The van der Waals surface area contributed by atoms with Crippen LogP contribution in [0.2, 0.25) is 18.1 Å². The van der Waals surface area contributed by atoms with E-state index in [1.54, 1.807) is 24.3 Å². The van der Waals surface area contributed by atoms with Crippen molar-refractivity contribution < 1.29 is 33.2 Å². The number of benzene rings is 2. The van der Waals surface area contributed by atoms with Gasteiger partial charge < -0.3 is 14.3 Å². The van der Waals surface area contributed by atoms with Gasteiger partial charge in [0.05, 0.1) is 30.4 Å². The lowest BCUT2D eigenvalue weighted by Crippen LogP contribution is -2.49. The number of ether oxygens (including phenoxy) is 1. The predicted molar refractivity (Wildman–Crippen MR) is 167 cm³/mol. The van der Waals surface area contributed by atoms with E-state index < -0.39 is 37.3 Å². The second-order valence-electron chi connectivity index (χ2n) is 12.2. The molecule has 0 aliphatic carbocycles. The smallest absolute Gasteiger partial charge is 0.407 e. The number of nitro groups is 1. The number of nitro benzene ring substituents is 1. The van der Waals surface area contributed by atoms with Gasteiger partial charge in [-0.05, 0) is 53.9 Å². The lowest BCUT2D eigenvalue weighted by Gasteiger charge is -2.43. The Morgan fingerprint density at radius 3 is 2.20 bits per heavy atom. The van der Waals surface area contributed by atoms with Crippen molar-refractivity contribution in [3.05, 3.63) is 99.6 Å². The van der Waals surface area contributed by atoms with Crippen LogP contribution in [0.15, 0.2) is 67.0 Å².